The monoisotopic (exact) mass is 469 g/mol. The summed E-state index contributed by atoms with van der Waals surface area (Å²) in [7, 11) is -4.14. The molecule has 0 heterocycles. The molecule has 0 bridgehead atoms. The van der Waals surface area contributed by atoms with Gasteiger partial charge in [0.1, 0.15) is 0 Å². The average molecular weight is 470 g/mol. The number of carbonyl (C=O) groups excluding carboxylic acids is 1. The number of sulfonamides is 1. The van der Waals surface area contributed by atoms with Crippen molar-refractivity contribution in [3.8, 4) is 6.07 Å². The molecule has 1 amide bonds. The van der Waals surface area contributed by atoms with Crippen LogP contribution in [0.3, 0.4) is 0 Å². The Morgan fingerprint density at radius 2 is 1.67 bits per heavy atom. The minimum atomic E-state index is -4.14. The van der Waals surface area contributed by atoms with Crippen LogP contribution < -0.4 is 4.72 Å². The summed E-state index contributed by atoms with van der Waals surface area (Å²) in [6, 6.07) is 16.9. The molecular weight excluding hydrogens is 448 g/mol. The molecule has 3 aromatic rings. The van der Waals surface area contributed by atoms with Crippen LogP contribution in [0.1, 0.15) is 41.4 Å². The number of nitriles is 1. The highest BCUT2D eigenvalue weighted by Gasteiger charge is 2.22. The SMILES string of the molecule is CCN(C(=O)c1ccc(NS(=O)(=O)c2ccc(F)c(F)c2)cc1)C(C)c1ccc(C#N)cc1. The van der Waals surface area contributed by atoms with E-state index >= 15 is 0 Å². The van der Waals surface area contributed by atoms with Crippen LogP contribution in [0.2, 0.25) is 0 Å². The van der Waals surface area contributed by atoms with Crippen molar-refractivity contribution in [1.29, 1.82) is 5.26 Å². The van der Waals surface area contributed by atoms with E-state index in [0.29, 0.717) is 23.7 Å². The number of hydrogen-bond donors (Lipinski definition) is 1. The highest BCUT2D eigenvalue weighted by atomic mass is 32.2. The predicted octanol–water partition coefficient (Wildman–Crippen LogP) is 4.86. The van der Waals surface area contributed by atoms with Crippen LogP contribution in [0.4, 0.5) is 14.5 Å². The van der Waals surface area contributed by atoms with Gasteiger partial charge in [0, 0.05) is 17.8 Å². The van der Waals surface area contributed by atoms with Crippen LogP contribution in [-0.2, 0) is 10.0 Å². The maximum absolute atomic E-state index is 13.4. The second kappa shape index (κ2) is 9.79. The highest BCUT2D eigenvalue weighted by molar-refractivity contribution is 7.92. The summed E-state index contributed by atoms with van der Waals surface area (Å²) < 4.78 is 53.6. The summed E-state index contributed by atoms with van der Waals surface area (Å²) in [5.41, 5.74) is 1.93. The second-order valence-corrected chi connectivity index (χ2v) is 8.94. The second-order valence-electron chi connectivity index (χ2n) is 7.26. The van der Waals surface area contributed by atoms with Crippen LogP contribution in [0.5, 0.6) is 0 Å². The molecule has 170 valence electrons. The van der Waals surface area contributed by atoms with Gasteiger partial charge >= 0.3 is 0 Å². The maximum Gasteiger partial charge on any atom is 0.261 e. The number of halogens is 2. The third-order valence-electron chi connectivity index (χ3n) is 5.18. The molecule has 0 spiro atoms. The van der Waals surface area contributed by atoms with E-state index in [1.165, 1.54) is 24.3 Å². The zero-order chi connectivity index (χ0) is 24.2. The van der Waals surface area contributed by atoms with Crippen molar-refractivity contribution in [2.45, 2.75) is 24.8 Å². The lowest BCUT2D eigenvalue weighted by molar-refractivity contribution is 0.0702. The Bertz CT molecular complexity index is 1300. The molecule has 3 aromatic carbocycles. The van der Waals surface area contributed by atoms with Gasteiger partial charge in [-0.25, -0.2) is 17.2 Å². The lowest BCUT2D eigenvalue weighted by Gasteiger charge is -2.28. The van der Waals surface area contributed by atoms with Crippen molar-refractivity contribution in [1.82, 2.24) is 4.90 Å². The molecular formula is C24H21F2N3O3S. The lowest BCUT2D eigenvalue weighted by Crippen LogP contribution is -2.33. The number of benzene rings is 3. The van der Waals surface area contributed by atoms with E-state index in [1.54, 1.807) is 29.2 Å². The Morgan fingerprint density at radius 3 is 2.21 bits per heavy atom. The molecule has 0 radical (unpaired) electrons. The molecule has 0 aliphatic rings. The Balaban J connectivity index is 1.76. The summed E-state index contributed by atoms with van der Waals surface area (Å²) in [5, 5.41) is 8.95. The number of carbonyl (C=O) groups is 1. The number of nitrogens with zero attached hydrogens (tertiary/aromatic N) is 2. The zero-order valence-electron chi connectivity index (χ0n) is 17.9. The molecule has 33 heavy (non-hydrogen) atoms. The quantitative estimate of drug-likeness (QED) is 0.535. The van der Waals surface area contributed by atoms with Gasteiger partial charge in [-0.05, 0) is 74.0 Å². The van der Waals surface area contributed by atoms with Crippen molar-refractivity contribution in [2.75, 3.05) is 11.3 Å². The van der Waals surface area contributed by atoms with E-state index < -0.39 is 26.6 Å². The molecule has 1 atom stereocenters. The summed E-state index contributed by atoms with van der Waals surface area (Å²) in [5.74, 6) is -2.66. The average Bonchev–Trinajstić information content (AvgIpc) is 2.81. The number of amides is 1. The number of anilines is 1. The molecule has 3 rings (SSSR count). The van der Waals surface area contributed by atoms with Crippen LogP contribution in [0, 0.1) is 23.0 Å². The maximum atomic E-state index is 13.4. The van der Waals surface area contributed by atoms with Crippen LogP contribution in [0.15, 0.2) is 71.6 Å². The Kier molecular flexibility index (Phi) is 7.09. The van der Waals surface area contributed by atoms with Gasteiger partial charge in [-0.15, -0.1) is 0 Å². The third kappa shape index (κ3) is 5.35. The van der Waals surface area contributed by atoms with Crippen molar-refractivity contribution in [3.05, 3.63) is 95.1 Å². The van der Waals surface area contributed by atoms with Gasteiger partial charge in [0.15, 0.2) is 11.6 Å². The lowest BCUT2D eigenvalue weighted by atomic mass is 10.0. The van der Waals surface area contributed by atoms with E-state index in [-0.39, 0.29) is 17.6 Å². The largest absolute Gasteiger partial charge is 0.332 e. The van der Waals surface area contributed by atoms with Crippen molar-refractivity contribution in [2.24, 2.45) is 0 Å². The standard InChI is InChI=1S/C24H21F2N3O3S/c1-3-29(16(2)18-6-4-17(15-27)5-7-18)24(30)19-8-10-20(11-9-19)28-33(31,32)21-12-13-22(25)23(26)14-21/h4-14,16,28H,3H2,1-2H3. The van der Waals surface area contributed by atoms with Gasteiger partial charge in [-0.2, -0.15) is 5.26 Å². The topological polar surface area (TPSA) is 90.3 Å². The first kappa shape index (κ1) is 23.9. The van der Waals surface area contributed by atoms with Gasteiger partial charge in [0.25, 0.3) is 15.9 Å². The zero-order valence-corrected chi connectivity index (χ0v) is 18.7. The first-order valence-electron chi connectivity index (χ1n) is 10.0. The summed E-state index contributed by atoms with van der Waals surface area (Å²) in [6.45, 7) is 4.17. The van der Waals surface area contributed by atoms with E-state index in [1.807, 2.05) is 13.8 Å². The third-order valence-corrected chi connectivity index (χ3v) is 6.56. The molecule has 0 aliphatic carbocycles. The fraction of sp³-hybridized carbons (Fsp3) is 0.167. The van der Waals surface area contributed by atoms with Crippen LogP contribution in [-0.4, -0.2) is 25.8 Å². The van der Waals surface area contributed by atoms with E-state index in [0.717, 1.165) is 17.7 Å². The van der Waals surface area contributed by atoms with E-state index in [4.69, 9.17) is 5.26 Å². The van der Waals surface area contributed by atoms with Gasteiger partial charge in [0.05, 0.1) is 22.6 Å². The number of hydrogen-bond acceptors (Lipinski definition) is 4. The summed E-state index contributed by atoms with van der Waals surface area (Å²) >= 11 is 0. The molecule has 1 N–H and O–H groups in total. The normalized spacial score (nSPS) is 12.0. The Hall–Kier alpha value is -3.77. The first-order chi connectivity index (χ1) is 15.7. The fourth-order valence-electron chi connectivity index (χ4n) is 3.31. The van der Waals surface area contributed by atoms with Crippen molar-refractivity contribution >= 4 is 21.6 Å². The first-order valence-corrected chi connectivity index (χ1v) is 11.5. The Morgan fingerprint density at radius 1 is 1.03 bits per heavy atom. The van der Waals surface area contributed by atoms with Gasteiger partial charge in [-0.3, -0.25) is 9.52 Å². The van der Waals surface area contributed by atoms with Crippen molar-refractivity contribution < 1.29 is 22.0 Å². The molecule has 6 nitrogen and oxygen atoms in total. The highest BCUT2D eigenvalue weighted by Crippen LogP contribution is 2.24. The molecule has 0 saturated carbocycles. The number of nitrogens with one attached hydrogen (secondary N) is 1. The van der Waals surface area contributed by atoms with Crippen LogP contribution in [0.25, 0.3) is 0 Å². The van der Waals surface area contributed by atoms with Crippen LogP contribution >= 0.6 is 0 Å². The minimum Gasteiger partial charge on any atom is -0.332 e. The molecule has 9 heteroatoms. The Labute approximate surface area is 191 Å². The molecule has 1 unspecified atom stereocenters. The molecule has 0 saturated heterocycles. The molecule has 0 aromatic heterocycles. The summed E-state index contributed by atoms with van der Waals surface area (Å²) in [4.78, 5) is 14.3. The van der Waals surface area contributed by atoms with Gasteiger partial charge in [0.2, 0.25) is 0 Å². The summed E-state index contributed by atoms with van der Waals surface area (Å²) in [6.07, 6.45) is 0. The van der Waals surface area contributed by atoms with Gasteiger partial charge < -0.3 is 4.90 Å². The van der Waals surface area contributed by atoms with Crippen molar-refractivity contribution in [3.63, 3.8) is 0 Å². The molecule has 0 aliphatic heterocycles. The predicted molar refractivity (Wildman–Crippen MR) is 120 cm³/mol. The minimum absolute atomic E-state index is 0.166. The molecule has 0 fully saturated rings. The number of rotatable bonds is 7. The van der Waals surface area contributed by atoms with Gasteiger partial charge in [-0.1, -0.05) is 12.1 Å². The smallest absolute Gasteiger partial charge is 0.261 e. The fourth-order valence-corrected chi connectivity index (χ4v) is 4.38. The van der Waals surface area contributed by atoms with E-state index in [2.05, 4.69) is 10.8 Å². The van der Waals surface area contributed by atoms with E-state index in [9.17, 15) is 22.0 Å².